The van der Waals surface area contributed by atoms with E-state index >= 15 is 0 Å². The van der Waals surface area contributed by atoms with Crippen LogP contribution in [0.5, 0.6) is 5.75 Å². The maximum atomic E-state index is 14.0. The van der Waals surface area contributed by atoms with Crippen LogP contribution in [0.4, 0.5) is 10.5 Å². The Morgan fingerprint density at radius 1 is 0.902 bits per heavy atom. The van der Waals surface area contributed by atoms with Crippen LogP contribution in [0.2, 0.25) is 0 Å². The molecule has 0 radical (unpaired) electrons. The minimum Gasteiger partial charge on any atom is -0.497 e. The average molecular weight is 547 g/mol. The van der Waals surface area contributed by atoms with Gasteiger partial charge in [0.2, 0.25) is 0 Å². The number of urea groups is 1. The van der Waals surface area contributed by atoms with Crippen LogP contribution in [0.1, 0.15) is 36.3 Å². The zero-order valence-corrected chi connectivity index (χ0v) is 23.4. The topological polar surface area (TPSA) is 76.5 Å². The van der Waals surface area contributed by atoms with Crippen LogP contribution in [-0.2, 0) is 13.0 Å². The number of amides is 2. The number of hydrogen-bond acceptors (Lipinski definition) is 4. The summed E-state index contributed by atoms with van der Waals surface area (Å²) in [5.41, 5.74) is 3.23. The minimum atomic E-state index is -0.453. The van der Waals surface area contributed by atoms with Crippen molar-refractivity contribution in [2.75, 3.05) is 19.0 Å². The van der Waals surface area contributed by atoms with Gasteiger partial charge in [0.25, 0.3) is 5.56 Å². The molecule has 0 aliphatic rings. The maximum absolute atomic E-state index is 14.0. The normalized spacial score (nSPS) is 11.7. The highest BCUT2D eigenvalue weighted by molar-refractivity contribution is 5.90. The Kier molecular flexibility index (Phi) is 8.74. The van der Waals surface area contributed by atoms with Crippen molar-refractivity contribution < 1.29 is 9.53 Å². The van der Waals surface area contributed by atoms with Gasteiger partial charge in [-0.15, -0.1) is 0 Å². The Bertz CT molecular complexity index is 1670. The smallest absolute Gasteiger partial charge is 0.322 e. The zero-order valence-electron chi connectivity index (χ0n) is 23.4. The molecule has 2 amide bonds. The van der Waals surface area contributed by atoms with E-state index in [0.717, 1.165) is 11.1 Å². The predicted molar refractivity (Wildman–Crippen MR) is 163 cm³/mol. The number of carbonyl (C=O) groups excluding carboxylic acids is 1. The summed E-state index contributed by atoms with van der Waals surface area (Å²) in [4.78, 5) is 34.7. The van der Waals surface area contributed by atoms with E-state index in [1.165, 1.54) is 0 Å². The van der Waals surface area contributed by atoms with Crippen molar-refractivity contribution in [3.63, 3.8) is 0 Å². The van der Waals surface area contributed by atoms with Crippen molar-refractivity contribution in [3.8, 4) is 5.75 Å². The molecule has 7 nitrogen and oxygen atoms in total. The molecule has 1 heterocycles. The minimum absolute atomic E-state index is 0.121. The second-order valence-electron chi connectivity index (χ2n) is 9.88. The van der Waals surface area contributed by atoms with Crippen molar-refractivity contribution in [1.82, 2.24) is 14.5 Å². The lowest BCUT2D eigenvalue weighted by atomic mass is 10.1. The fourth-order valence-corrected chi connectivity index (χ4v) is 5.09. The van der Waals surface area contributed by atoms with Crippen molar-refractivity contribution >= 4 is 22.6 Å². The SMILES string of the molecule is CCC(c1nc2ccccc2c(=O)n1Cc1ccccc1)N(CCc1ccccc1)C(=O)Nc1cccc(OC)c1. The lowest BCUT2D eigenvalue weighted by molar-refractivity contribution is 0.181. The van der Waals surface area contributed by atoms with E-state index in [9.17, 15) is 9.59 Å². The molecule has 0 fully saturated rings. The van der Waals surface area contributed by atoms with Gasteiger partial charge in [0.15, 0.2) is 0 Å². The number of benzene rings is 4. The Hall–Kier alpha value is -4.91. The largest absolute Gasteiger partial charge is 0.497 e. The summed E-state index contributed by atoms with van der Waals surface area (Å²) in [6.07, 6.45) is 1.22. The molecule has 1 aromatic heterocycles. The Balaban J connectivity index is 1.59. The van der Waals surface area contributed by atoms with Crippen molar-refractivity contribution in [3.05, 3.63) is 136 Å². The molecular formula is C34H34N4O3. The molecule has 4 aromatic carbocycles. The fraction of sp³-hybridized carbons (Fsp3) is 0.206. The standard InChI is InChI=1S/C34H34N4O3/c1-3-31(32-36-30-20-11-10-19-29(30)33(39)38(32)24-26-15-8-5-9-16-26)37(22-21-25-13-6-4-7-14-25)34(40)35-27-17-12-18-28(23-27)41-2/h4-20,23,31H,3,21-22,24H2,1-2H3,(H,35,40). The van der Waals surface area contributed by atoms with E-state index in [1.54, 1.807) is 28.7 Å². The Morgan fingerprint density at radius 3 is 2.29 bits per heavy atom. The molecule has 0 aliphatic carbocycles. The van der Waals surface area contributed by atoms with Gasteiger partial charge < -0.3 is 15.0 Å². The summed E-state index contributed by atoms with van der Waals surface area (Å²) in [5.74, 6) is 1.22. The van der Waals surface area contributed by atoms with Gasteiger partial charge in [-0.2, -0.15) is 0 Å². The molecule has 5 aromatic rings. The number of anilines is 1. The van der Waals surface area contributed by atoms with Crippen molar-refractivity contribution in [1.29, 1.82) is 0 Å². The van der Waals surface area contributed by atoms with Gasteiger partial charge in [-0.05, 0) is 48.2 Å². The van der Waals surface area contributed by atoms with Crippen LogP contribution in [0.3, 0.4) is 0 Å². The summed E-state index contributed by atoms with van der Waals surface area (Å²) >= 11 is 0. The first-order chi connectivity index (χ1) is 20.1. The molecule has 0 saturated heterocycles. The van der Waals surface area contributed by atoms with Gasteiger partial charge in [0.05, 0.1) is 30.6 Å². The van der Waals surface area contributed by atoms with Gasteiger partial charge in [-0.25, -0.2) is 9.78 Å². The predicted octanol–water partition coefficient (Wildman–Crippen LogP) is 6.68. The quantitative estimate of drug-likeness (QED) is 0.212. The highest BCUT2D eigenvalue weighted by Crippen LogP contribution is 2.27. The van der Waals surface area contributed by atoms with Crippen LogP contribution in [0.15, 0.2) is 114 Å². The second kappa shape index (κ2) is 13.0. The number of para-hydroxylation sites is 1. The third-order valence-electron chi connectivity index (χ3n) is 7.20. The molecule has 0 bridgehead atoms. The van der Waals surface area contributed by atoms with E-state index in [0.29, 0.717) is 54.1 Å². The first-order valence-corrected chi connectivity index (χ1v) is 13.9. The van der Waals surface area contributed by atoms with E-state index in [2.05, 4.69) is 17.4 Å². The van der Waals surface area contributed by atoms with Crippen molar-refractivity contribution in [2.45, 2.75) is 32.4 Å². The molecular weight excluding hydrogens is 512 g/mol. The van der Waals surface area contributed by atoms with Crippen LogP contribution in [0.25, 0.3) is 10.9 Å². The van der Waals surface area contributed by atoms with Gasteiger partial charge >= 0.3 is 6.03 Å². The van der Waals surface area contributed by atoms with Crippen LogP contribution >= 0.6 is 0 Å². The summed E-state index contributed by atoms with van der Waals surface area (Å²) in [6.45, 7) is 2.81. The average Bonchev–Trinajstić information content (AvgIpc) is 3.02. The maximum Gasteiger partial charge on any atom is 0.322 e. The summed E-state index contributed by atoms with van der Waals surface area (Å²) in [5, 5.41) is 3.60. The van der Waals surface area contributed by atoms with E-state index < -0.39 is 6.04 Å². The third-order valence-corrected chi connectivity index (χ3v) is 7.20. The Morgan fingerprint density at radius 2 is 1.59 bits per heavy atom. The molecule has 1 atom stereocenters. The van der Waals surface area contributed by atoms with Crippen LogP contribution in [0, 0.1) is 0 Å². The molecule has 1 unspecified atom stereocenters. The molecule has 208 valence electrons. The monoisotopic (exact) mass is 546 g/mol. The highest BCUT2D eigenvalue weighted by atomic mass is 16.5. The molecule has 1 N–H and O–H groups in total. The van der Waals surface area contributed by atoms with Crippen LogP contribution < -0.4 is 15.6 Å². The summed E-state index contributed by atoms with van der Waals surface area (Å²) in [6, 6.07) is 33.9. The molecule has 0 spiro atoms. The lowest BCUT2D eigenvalue weighted by Gasteiger charge is -2.32. The van der Waals surface area contributed by atoms with Gasteiger partial charge in [0, 0.05) is 18.3 Å². The van der Waals surface area contributed by atoms with E-state index in [1.807, 2.05) is 91.9 Å². The highest BCUT2D eigenvalue weighted by Gasteiger charge is 2.29. The van der Waals surface area contributed by atoms with Crippen LogP contribution in [-0.4, -0.2) is 34.1 Å². The molecule has 0 saturated carbocycles. The number of aromatic nitrogens is 2. The number of fused-ring (bicyclic) bond motifs is 1. The number of nitrogens with zero attached hydrogens (tertiary/aromatic N) is 3. The first kappa shape index (κ1) is 27.6. The summed E-state index contributed by atoms with van der Waals surface area (Å²) in [7, 11) is 1.59. The van der Waals surface area contributed by atoms with Gasteiger partial charge in [0.1, 0.15) is 11.6 Å². The molecule has 7 heteroatoms. The summed E-state index contributed by atoms with van der Waals surface area (Å²) < 4.78 is 7.08. The number of carbonyl (C=O) groups is 1. The number of rotatable bonds is 10. The molecule has 5 rings (SSSR count). The van der Waals surface area contributed by atoms with E-state index in [-0.39, 0.29) is 11.6 Å². The number of hydrogen-bond donors (Lipinski definition) is 1. The zero-order chi connectivity index (χ0) is 28.6. The first-order valence-electron chi connectivity index (χ1n) is 13.9. The van der Waals surface area contributed by atoms with Gasteiger partial charge in [-0.1, -0.05) is 85.8 Å². The second-order valence-corrected chi connectivity index (χ2v) is 9.88. The fourth-order valence-electron chi connectivity index (χ4n) is 5.09. The number of ether oxygens (including phenoxy) is 1. The number of nitrogens with one attached hydrogen (secondary N) is 1. The molecule has 0 aliphatic heterocycles. The molecule has 41 heavy (non-hydrogen) atoms. The lowest BCUT2D eigenvalue weighted by Crippen LogP contribution is -2.42. The Labute approximate surface area is 240 Å². The van der Waals surface area contributed by atoms with E-state index in [4.69, 9.17) is 9.72 Å². The van der Waals surface area contributed by atoms with Crippen molar-refractivity contribution in [2.24, 2.45) is 0 Å². The number of methoxy groups -OCH3 is 1. The van der Waals surface area contributed by atoms with Gasteiger partial charge in [-0.3, -0.25) is 9.36 Å². The third kappa shape index (κ3) is 6.47.